The van der Waals surface area contributed by atoms with Crippen molar-refractivity contribution in [3.05, 3.63) is 76.9 Å². The maximum absolute atomic E-state index is 12.7. The Morgan fingerprint density at radius 1 is 1.12 bits per heavy atom. The largest absolute Gasteiger partial charge is 0.396 e. The van der Waals surface area contributed by atoms with Gasteiger partial charge >= 0.3 is 0 Å². The van der Waals surface area contributed by atoms with Crippen molar-refractivity contribution in [1.29, 1.82) is 0 Å². The van der Waals surface area contributed by atoms with Gasteiger partial charge < -0.3 is 15.3 Å². The van der Waals surface area contributed by atoms with Gasteiger partial charge in [-0.15, -0.1) is 0 Å². The summed E-state index contributed by atoms with van der Waals surface area (Å²) in [5, 5.41) is 12.4. The lowest BCUT2D eigenvalue weighted by atomic mass is 9.79. The number of aliphatic hydroxyl groups is 1. The van der Waals surface area contributed by atoms with Crippen LogP contribution in [0.1, 0.15) is 66.7 Å². The SMILES string of the molecule is CNCc1cc(CCCO)ccc1C1CCC(N(C)C(=O)CC=Cc2ccccc2)CC1. The second kappa shape index (κ2) is 12.6. The molecule has 0 aromatic heterocycles. The quantitative estimate of drug-likeness (QED) is 0.558. The zero-order valence-electron chi connectivity index (χ0n) is 19.6. The summed E-state index contributed by atoms with van der Waals surface area (Å²) in [4.78, 5) is 14.7. The molecule has 0 atom stereocenters. The van der Waals surface area contributed by atoms with E-state index in [0.29, 0.717) is 18.4 Å². The lowest BCUT2D eigenvalue weighted by Gasteiger charge is -2.35. The summed E-state index contributed by atoms with van der Waals surface area (Å²) in [7, 11) is 3.96. The third-order valence-electron chi connectivity index (χ3n) is 6.68. The molecule has 0 spiro atoms. The van der Waals surface area contributed by atoms with E-state index < -0.39 is 0 Å². The van der Waals surface area contributed by atoms with Gasteiger partial charge in [-0.25, -0.2) is 0 Å². The molecule has 0 bridgehead atoms. The standard InChI is InChI=1S/C28H38N2O2/c1-29-21-25-20-23(11-7-19-31)13-18-27(25)24-14-16-26(17-15-24)30(2)28(32)12-6-10-22-8-4-3-5-9-22/h3-6,8-10,13,18,20,24,26,29,31H,7,11-12,14-17,19,21H2,1-2H3. The second-order valence-corrected chi connectivity index (χ2v) is 8.92. The molecule has 32 heavy (non-hydrogen) atoms. The topological polar surface area (TPSA) is 52.6 Å². The van der Waals surface area contributed by atoms with Gasteiger partial charge in [0.2, 0.25) is 5.91 Å². The minimum atomic E-state index is 0.199. The van der Waals surface area contributed by atoms with Crippen molar-refractivity contribution in [2.75, 3.05) is 20.7 Å². The summed E-state index contributed by atoms with van der Waals surface area (Å²) in [6, 6.07) is 17.3. The maximum atomic E-state index is 12.7. The number of rotatable bonds is 10. The van der Waals surface area contributed by atoms with Crippen LogP contribution in [0.4, 0.5) is 0 Å². The first-order valence-corrected chi connectivity index (χ1v) is 12.0. The molecule has 2 aromatic carbocycles. The Morgan fingerprint density at radius 2 is 1.88 bits per heavy atom. The molecule has 1 aliphatic carbocycles. The number of carbonyl (C=O) groups excluding carboxylic acids is 1. The van der Waals surface area contributed by atoms with Crippen LogP contribution in [-0.4, -0.2) is 42.7 Å². The zero-order chi connectivity index (χ0) is 22.8. The summed E-state index contributed by atoms with van der Waals surface area (Å²) < 4.78 is 0. The van der Waals surface area contributed by atoms with Gasteiger partial charge in [0.15, 0.2) is 0 Å². The molecule has 4 heteroatoms. The highest BCUT2D eigenvalue weighted by atomic mass is 16.2. The maximum Gasteiger partial charge on any atom is 0.226 e. The highest BCUT2D eigenvalue weighted by molar-refractivity contribution is 5.78. The highest BCUT2D eigenvalue weighted by Crippen LogP contribution is 2.36. The molecular formula is C28H38N2O2. The molecule has 172 valence electrons. The summed E-state index contributed by atoms with van der Waals surface area (Å²) in [6.07, 6.45) is 10.5. The molecule has 0 aliphatic heterocycles. The average molecular weight is 435 g/mol. The van der Waals surface area contributed by atoms with Gasteiger partial charge in [-0.05, 0) is 73.7 Å². The zero-order valence-corrected chi connectivity index (χ0v) is 19.6. The number of amides is 1. The van der Waals surface area contributed by atoms with Crippen molar-refractivity contribution in [3.8, 4) is 0 Å². The Kier molecular flexibility index (Phi) is 9.51. The monoisotopic (exact) mass is 434 g/mol. The lowest BCUT2D eigenvalue weighted by Crippen LogP contribution is -2.39. The Morgan fingerprint density at radius 3 is 2.56 bits per heavy atom. The minimum absolute atomic E-state index is 0.199. The van der Waals surface area contributed by atoms with E-state index in [4.69, 9.17) is 5.11 Å². The molecular weight excluding hydrogens is 396 g/mol. The Hall–Kier alpha value is -2.43. The van der Waals surface area contributed by atoms with Crippen molar-refractivity contribution >= 4 is 12.0 Å². The number of hydrogen-bond acceptors (Lipinski definition) is 3. The van der Waals surface area contributed by atoms with E-state index in [1.807, 2.05) is 61.5 Å². The summed E-state index contributed by atoms with van der Waals surface area (Å²) in [6.45, 7) is 1.11. The molecule has 2 N–H and O–H groups in total. The molecule has 3 rings (SSSR count). The first-order chi connectivity index (χ1) is 15.6. The molecule has 2 aromatic rings. The van der Waals surface area contributed by atoms with E-state index in [9.17, 15) is 4.79 Å². The summed E-state index contributed by atoms with van der Waals surface area (Å²) in [5.74, 6) is 0.757. The van der Waals surface area contributed by atoms with Crippen LogP contribution in [0.25, 0.3) is 6.08 Å². The third-order valence-corrected chi connectivity index (χ3v) is 6.68. The first kappa shape index (κ1) is 24.2. The lowest BCUT2D eigenvalue weighted by molar-refractivity contribution is -0.131. The van der Waals surface area contributed by atoms with Gasteiger partial charge in [-0.3, -0.25) is 4.79 Å². The average Bonchev–Trinajstić information content (AvgIpc) is 2.83. The number of hydrogen-bond donors (Lipinski definition) is 2. The van der Waals surface area contributed by atoms with Crippen molar-refractivity contribution in [1.82, 2.24) is 10.2 Å². The van der Waals surface area contributed by atoms with Gasteiger partial charge in [0, 0.05) is 32.7 Å². The molecule has 0 saturated heterocycles. The molecule has 1 aliphatic rings. The fourth-order valence-corrected chi connectivity index (χ4v) is 4.82. The number of nitrogens with zero attached hydrogens (tertiary/aromatic N) is 1. The van der Waals surface area contributed by atoms with Crippen molar-refractivity contribution in [2.45, 2.75) is 63.5 Å². The number of benzene rings is 2. The van der Waals surface area contributed by atoms with E-state index in [1.54, 1.807) is 0 Å². The van der Waals surface area contributed by atoms with Gasteiger partial charge in [0.25, 0.3) is 0 Å². The molecule has 0 radical (unpaired) electrons. The number of carbonyl (C=O) groups is 1. The fourth-order valence-electron chi connectivity index (χ4n) is 4.82. The van der Waals surface area contributed by atoms with Gasteiger partial charge in [0.05, 0.1) is 0 Å². The normalized spacial score (nSPS) is 18.7. The number of aryl methyl sites for hydroxylation is 1. The molecule has 1 amide bonds. The van der Waals surface area contributed by atoms with Crippen LogP contribution in [0.3, 0.4) is 0 Å². The molecule has 1 fully saturated rings. The van der Waals surface area contributed by atoms with Crippen molar-refractivity contribution < 1.29 is 9.90 Å². The van der Waals surface area contributed by atoms with Crippen LogP contribution >= 0.6 is 0 Å². The predicted molar refractivity (Wildman–Crippen MR) is 132 cm³/mol. The van der Waals surface area contributed by atoms with Crippen LogP contribution in [0.2, 0.25) is 0 Å². The van der Waals surface area contributed by atoms with Crippen LogP contribution in [0, 0.1) is 0 Å². The fraction of sp³-hybridized carbons (Fsp3) is 0.464. The van der Waals surface area contributed by atoms with Gasteiger partial charge in [0.1, 0.15) is 0 Å². The van der Waals surface area contributed by atoms with Gasteiger partial charge in [-0.1, -0.05) is 60.7 Å². The van der Waals surface area contributed by atoms with Crippen molar-refractivity contribution in [2.24, 2.45) is 0 Å². The first-order valence-electron chi connectivity index (χ1n) is 12.0. The van der Waals surface area contributed by atoms with Crippen LogP contribution < -0.4 is 5.32 Å². The van der Waals surface area contributed by atoms with Crippen LogP contribution in [0.15, 0.2) is 54.6 Å². The van der Waals surface area contributed by atoms with E-state index >= 15 is 0 Å². The molecule has 4 nitrogen and oxygen atoms in total. The smallest absolute Gasteiger partial charge is 0.226 e. The van der Waals surface area contributed by atoms with E-state index in [1.165, 1.54) is 16.7 Å². The summed E-state index contributed by atoms with van der Waals surface area (Å²) >= 11 is 0. The Balaban J connectivity index is 1.54. The Bertz CT molecular complexity index is 870. The third kappa shape index (κ3) is 6.78. The van der Waals surface area contributed by atoms with Crippen LogP contribution in [0.5, 0.6) is 0 Å². The van der Waals surface area contributed by atoms with E-state index in [0.717, 1.165) is 50.6 Å². The van der Waals surface area contributed by atoms with E-state index in [2.05, 4.69) is 23.5 Å². The predicted octanol–water partition coefficient (Wildman–Crippen LogP) is 4.92. The molecule has 1 saturated carbocycles. The number of aliphatic hydroxyl groups excluding tert-OH is 1. The number of nitrogens with one attached hydrogen (secondary N) is 1. The van der Waals surface area contributed by atoms with Crippen LogP contribution in [-0.2, 0) is 17.8 Å². The van der Waals surface area contributed by atoms with Gasteiger partial charge in [-0.2, -0.15) is 0 Å². The van der Waals surface area contributed by atoms with E-state index in [-0.39, 0.29) is 12.5 Å². The molecule has 0 heterocycles. The highest BCUT2D eigenvalue weighted by Gasteiger charge is 2.27. The Labute approximate surface area is 193 Å². The minimum Gasteiger partial charge on any atom is -0.396 e. The summed E-state index contributed by atoms with van der Waals surface area (Å²) in [5.41, 5.74) is 5.26. The molecule has 0 unspecified atom stereocenters. The second-order valence-electron chi connectivity index (χ2n) is 8.92. The van der Waals surface area contributed by atoms with Crippen molar-refractivity contribution in [3.63, 3.8) is 0 Å².